The molecule has 1 N–H and O–H groups in total. The summed E-state index contributed by atoms with van der Waals surface area (Å²) in [5.74, 6) is -0.799. The van der Waals surface area contributed by atoms with E-state index < -0.39 is 11.4 Å². The molecule has 0 bridgehead atoms. The summed E-state index contributed by atoms with van der Waals surface area (Å²) in [5.41, 5.74) is 6.42. The van der Waals surface area contributed by atoms with E-state index in [-0.39, 0.29) is 11.8 Å². The number of carboxylic acids is 1. The Morgan fingerprint density at radius 2 is 1.50 bits per heavy atom. The second-order valence-electron chi connectivity index (χ2n) is 10.3. The average Bonchev–Trinajstić information content (AvgIpc) is 3.11. The highest BCUT2D eigenvalue weighted by Gasteiger charge is 2.46. The van der Waals surface area contributed by atoms with Crippen molar-refractivity contribution in [3.63, 3.8) is 0 Å². The molecule has 2 aliphatic rings. The van der Waals surface area contributed by atoms with Crippen molar-refractivity contribution in [2.24, 2.45) is 0 Å². The van der Waals surface area contributed by atoms with Crippen LogP contribution in [0.1, 0.15) is 38.3 Å². The Bertz CT molecular complexity index is 1480. The van der Waals surface area contributed by atoms with Crippen LogP contribution < -0.4 is 4.90 Å². The van der Waals surface area contributed by atoms with E-state index in [2.05, 4.69) is 157 Å². The van der Waals surface area contributed by atoms with Gasteiger partial charge >= 0.3 is 5.97 Å². The first-order chi connectivity index (χ1) is 17.8. The largest absolute Gasteiger partial charge is 0.481 e. The average molecular weight is 957 g/mol. The van der Waals surface area contributed by atoms with Crippen LogP contribution in [0.5, 0.6) is 0 Å². The lowest BCUT2D eigenvalue weighted by atomic mass is 9.78. The Morgan fingerprint density at radius 3 is 2.16 bits per heavy atom. The molecule has 0 amide bonds. The van der Waals surface area contributed by atoms with Crippen LogP contribution in [-0.2, 0) is 15.6 Å². The predicted molar refractivity (Wildman–Crippen MR) is 191 cm³/mol. The van der Waals surface area contributed by atoms with Crippen molar-refractivity contribution in [2.45, 2.75) is 38.0 Å². The smallest absolute Gasteiger partial charge is 0.304 e. The van der Waals surface area contributed by atoms with Gasteiger partial charge in [-0.2, -0.15) is 4.58 Å². The summed E-state index contributed by atoms with van der Waals surface area (Å²) in [5, 5.41) is 9.72. The Kier molecular flexibility index (Phi) is 9.25. The van der Waals surface area contributed by atoms with Crippen LogP contribution in [0, 0.1) is 14.3 Å². The second-order valence-corrected chi connectivity index (χ2v) is 15.1. The maximum Gasteiger partial charge on any atom is 0.304 e. The van der Waals surface area contributed by atoms with Gasteiger partial charge in [0, 0.05) is 55.8 Å². The molecule has 2 aromatic carbocycles. The fourth-order valence-corrected chi connectivity index (χ4v) is 10.6. The minimum Gasteiger partial charge on any atom is -0.481 e. The van der Waals surface area contributed by atoms with Gasteiger partial charge < -0.3 is 10.0 Å². The van der Waals surface area contributed by atoms with Gasteiger partial charge in [0.1, 0.15) is 7.05 Å². The first-order valence-electron chi connectivity index (χ1n) is 12.1. The summed E-state index contributed by atoms with van der Waals surface area (Å²) < 4.78 is 7.08. The molecule has 0 aromatic heterocycles. The normalized spacial score (nSPS) is 21.5. The monoisotopic (exact) mass is 957 g/mol. The summed E-state index contributed by atoms with van der Waals surface area (Å²) in [6.07, 6.45) is 14.4. The fraction of sp³-hybridized carbons (Fsp3) is 0.267. The van der Waals surface area contributed by atoms with Gasteiger partial charge in [0.25, 0.3) is 0 Å². The number of rotatable bonds is 6. The van der Waals surface area contributed by atoms with Crippen molar-refractivity contribution >= 4 is 113 Å². The first kappa shape index (κ1) is 30.2. The molecular weight excluding hydrogens is 928 g/mol. The minimum atomic E-state index is -0.799. The molecule has 8 heteroatoms. The van der Waals surface area contributed by atoms with Crippen molar-refractivity contribution in [3.8, 4) is 0 Å². The second kappa shape index (κ2) is 11.6. The number of likely N-dealkylation sites (N-methyl/N-ethyl adjacent to an activating group) is 1. The molecule has 2 heterocycles. The number of allylic oxidation sites excluding steroid dienone is 8. The van der Waals surface area contributed by atoms with E-state index in [1.165, 1.54) is 24.1 Å². The molecule has 2 aliphatic heterocycles. The van der Waals surface area contributed by atoms with E-state index in [9.17, 15) is 9.90 Å². The van der Waals surface area contributed by atoms with Crippen LogP contribution >= 0.6 is 90.4 Å². The molecule has 0 spiro atoms. The molecule has 0 saturated carbocycles. The number of halogens is 4. The lowest BCUT2D eigenvalue weighted by molar-refractivity contribution is -0.401. The Morgan fingerprint density at radius 1 is 0.921 bits per heavy atom. The summed E-state index contributed by atoms with van der Waals surface area (Å²) in [4.78, 5) is 14.0. The molecule has 2 aromatic rings. The molecule has 4 nitrogen and oxygen atoms in total. The Hall–Kier alpha value is -0.740. The van der Waals surface area contributed by atoms with Crippen molar-refractivity contribution < 1.29 is 14.5 Å². The highest BCUT2D eigenvalue weighted by molar-refractivity contribution is 14.1. The quantitative estimate of drug-likeness (QED) is 0.180. The first-order valence-corrected chi connectivity index (χ1v) is 16.4. The number of carboxylic acid groups (broad SMARTS) is 1. The highest BCUT2D eigenvalue weighted by Crippen LogP contribution is 2.51. The summed E-state index contributed by atoms with van der Waals surface area (Å²) in [6, 6.07) is 8.74. The van der Waals surface area contributed by atoms with Crippen LogP contribution in [0.3, 0.4) is 0 Å². The van der Waals surface area contributed by atoms with Crippen LogP contribution in [0.2, 0.25) is 0 Å². The summed E-state index contributed by atoms with van der Waals surface area (Å²) in [6.45, 7) is 6.60. The van der Waals surface area contributed by atoms with Gasteiger partial charge in [0.05, 0.1) is 17.4 Å². The van der Waals surface area contributed by atoms with Gasteiger partial charge in [-0.25, -0.2) is 0 Å². The van der Waals surface area contributed by atoms with E-state index in [1.807, 2.05) is 44.4 Å². The summed E-state index contributed by atoms with van der Waals surface area (Å²) >= 11 is 9.49. The van der Waals surface area contributed by atoms with E-state index >= 15 is 0 Å². The van der Waals surface area contributed by atoms with Crippen molar-refractivity contribution in [1.82, 2.24) is 0 Å². The number of aliphatic carboxylic acids is 1. The molecule has 0 radical (unpaired) electrons. The standard InChI is InChI=1S/C30H28I4N2O2/c1-29(2)24(35(4)22-15-18(31)13-20(33)27(22)29)11-9-7-6-8-10-12-25-30(3,17-26(37)38)28-21(34)14-19(32)16-23(28)36(25)5/h6-16H,17H2,1-5H3/p+1. The SMILES string of the molecule is CN1\C(=C/C=C/C=C/C=C/C2=[N+](C)c3cc(I)cc(I)c3C2(C)C)C(C)(CC(=O)O)c2c(I)cc(I)cc21. The third-order valence-electron chi connectivity index (χ3n) is 7.35. The molecule has 198 valence electrons. The molecular formula is C30H29I4N2O2+. The lowest BCUT2D eigenvalue weighted by Gasteiger charge is -2.27. The third-order valence-corrected chi connectivity index (χ3v) is 10.3. The maximum absolute atomic E-state index is 11.8. The zero-order valence-electron chi connectivity index (χ0n) is 21.8. The molecule has 1 unspecified atom stereocenters. The lowest BCUT2D eigenvalue weighted by Crippen LogP contribution is -2.29. The molecule has 1 atom stereocenters. The van der Waals surface area contributed by atoms with E-state index in [0.717, 1.165) is 24.1 Å². The zero-order valence-corrected chi connectivity index (χ0v) is 30.4. The summed E-state index contributed by atoms with van der Waals surface area (Å²) in [7, 11) is 4.16. The van der Waals surface area contributed by atoms with Crippen molar-refractivity contribution in [3.05, 3.63) is 97.9 Å². The van der Waals surface area contributed by atoms with Crippen LogP contribution in [0.4, 0.5) is 11.4 Å². The fourth-order valence-electron chi connectivity index (χ4n) is 5.70. The number of hydrogen-bond acceptors (Lipinski definition) is 2. The minimum absolute atomic E-state index is 0.0431. The topological polar surface area (TPSA) is 43.5 Å². The highest BCUT2D eigenvalue weighted by atomic mass is 127. The van der Waals surface area contributed by atoms with Gasteiger partial charge in [0.2, 0.25) is 5.69 Å². The van der Waals surface area contributed by atoms with E-state index in [0.29, 0.717) is 0 Å². The molecule has 0 aliphatic carbocycles. The van der Waals surface area contributed by atoms with Gasteiger partial charge in [-0.15, -0.1) is 0 Å². The molecule has 38 heavy (non-hydrogen) atoms. The molecule has 4 rings (SSSR count). The third kappa shape index (κ3) is 5.56. The maximum atomic E-state index is 11.8. The van der Waals surface area contributed by atoms with Crippen LogP contribution in [-0.4, -0.2) is 35.5 Å². The predicted octanol–water partition coefficient (Wildman–Crippen LogP) is 8.55. The number of benzene rings is 2. The number of nitrogens with zero attached hydrogens (tertiary/aromatic N) is 2. The molecule has 0 fully saturated rings. The van der Waals surface area contributed by atoms with Gasteiger partial charge in [-0.1, -0.05) is 30.4 Å². The van der Waals surface area contributed by atoms with Crippen molar-refractivity contribution in [1.29, 1.82) is 0 Å². The van der Waals surface area contributed by atoms with Gasteiger partial charge in [-0.05, 0) is 135 Å². The Labute approximate surface area is 279 Å². The van der Waals surface area contributed by atoms with Crippen molar-refractivity contribution in [2.75, 3.05) is 19.0 Å². The number of carbonyl (C=O) groups is 1. The number of fused-ring (bicyclic) bond motifs is 2. The van der Waals surface area contributed by atoms with Crippen LogP contribution in [0.15, 0.2) is 72.5 Å². The molecule has 0 saturated heterocycles. The number of hydrogen-bond donors (Lipinski definition) is 1. The van der Waals surface area contributed by atoms with Gasteiger partial charge in [0.15, 0.2) is 5.71 Å². The Balaban J connectivity index is 1.56. The van der Waals surface area contributed by atoms with Crippen LogP contribution in [0.25, 0.3) is 0 Å². The number of anilines is 1. The van der Waals surface area contributed by atoms with E-state index in [4.69, 9.17) is 0 Å². The van der Waals surface area contributed by atoms with E-state index in [1.54, 1.807) is 0 Å². The zero-order chi connectivity index (χ0) is 28.0. The van der Waals surface area contributed by atoms with Gasteiger partial charge in [-0.3, -0.25) is 4.79 Å².